The van der Waals surface area contributed by atoms with Gasteiger partial charge >= 0.3 is 6.18 Å². The van der Waals surface area contributed by atoms with Crippen LogP contribution in [0.5, 0.6) is 0 Å². The van der Waals surface area contributed by atoms with E-state index in [1.165, 1.54) is 41.4 Å². The number of hydrogen-bond donors (Lipinski definition) is 2. The summed E-state index contributed by atoms with van der Waals surface area (Å²) in [5, 5.41) is 5.64. The van der Waals surface area contributed by atoms with E-state index >= 15 is 0 Å². The van der Waals surface area contributed by atoms with Crippen molar-refractivity contribution in [2.24, 2.45) is 0 Å². The summed E-state index contributed by atoms with van der Waals surface area (Å²) in [5.74, 6) is 0. The molecule has 1 aliphatic heterocycles. The molecule has 21 heavy (non-hydrogen) atoms. The third-order valence-electron chi connectivity index (χ3n) is 3.08. The highest BCUT2D eigenvalue weighted by Crippen LogP contribution is 2.39. The van der Waals surface area contributed by atoms with E-state index in [4.69, 9.17) is 0 Å². The number of aromatic nitrogens is 1. The zero-order valence-corrected chi connectivity index (χ0v) is 10.6. The normalized spacial score (nSPS) is 13.3. The summed E-state index contributed by atoms with van der Waals surface area (Å²) < 4.78 is 41.0. The molecule has 0 spiro atoms. The van der Waals surface area contributed by atoms with Crippen molar-refractivity contribution >= 4 is 11.4 Å². The number of pyridine rings is 1. The Kier molecular flexibility index (Phi) is 2.97. The van der Waals surface area contributed by atoms with Gasteiger partial charge in [-0.15, -0.1) is 0 Å². The van der Waals surface area contributed by atoms with Crippen LogP contribution in [0.25, 0.3) is 5.69 Å². The van der Waals surface area contributed by atoms with Crippen LogP contribution >= 0.6 is 0 Å². The van der Waals surface area contributed by atoms with Gasteiger partial charge in [-0.2, -0.15) is 13.2 Å². The number of halogens is 3. The fraction of sp³-hybridized carbons (Fsp3) is 0.0714. The topological polar surface area (TPSA) is 46.1 Å². The second-order valence-corrected chi connectivity index (χ2v) is 4.48. The number of anilines is 2. The fourth-order valence-electron chi connectivity index (χ4n) is 2.10. The molecule has 1 aromatic heterocycles. The largest absolute Gasteiger partial charge is 0.418 e. The third kappa shape index (κ3) is 2.49. The summed E-state index contributed by atoms with van der Waals surface area (Å²) in [7, 11) is 0. The number of alkyl halides is 3. The maximum atomic E-state index is 13.2. The first kappa shape index (κ1) is 13.3. The second-order valence-electron chi connectivity index (χ2n) is 4.48. The maximum absolute atomic E-state index is 13.2. The minimum absolute atomic E-state index is 0.0501. The van der Waals surface area contributed by atoms with E-state index < -0.39 is 11.7 Å². The van der Waals surface area contributed by atoms with Crippen molar-refractivity contribution in [1.29, 1.82) is 0 Å². The lowest BCUT2D eigenvalue weighted by Gasteiger charge is -2.21. The lowest BCUT2D eigenvalue weighted by Crippen LogP contribution is -2.14. The first-order chi connectivity index (χ1) is 9.95. The number of fused-ring (bicyclic) bond motifs is 1. The highest BCUT2D eigenvalue weighted by atomic mass is 19.4. The first-order valence-electron chi connectivity index (χ1n) is 6.07. The smallest absolute Gasteiger partial charge is 0.359 e. The lowest BCUT2D eigenvalue weighted by atomic mass is 10.1. The van der Waals surface area contributed by atoms with Crippen LogP contribution in [0.3, 0.4) is 0 Å². The average molecular weight is 293 g/mol. The van der Waals surface area contributed by atoms with Crippen molar-refractivity contribution in [2.45, 2.75) is 6.18 Å². The van der Waals surface area contributed by atoms with E-state index in [1.54, 1.807) is 6.20 Å². The SMILES string of the molecule is O=c1ccn(-c2cc3c(cc2C(F)(F)F)NC=CN3)cc1. The van der Waals surface area contributed by atoms with Gasteiger partial charge in [0.25, 0.3) is 0 Å². The lowest BCUT2D eigenvalue weighted by molar-refractivity contribution is -0.137. The molecule has 1 aromatic carbocycles. The van der Waals surface area contributed by atoms with Gasteiger partial charge in [-0.05, 0) is 12.1 Å². The zero-order valence-electron chi connectivity index (χ0n) is 10.6. The molecule has 0 bridgehead atoms. The van der Waals surface area contributed by atoms with Crippen LogP contribution < -0.4 is 16.1 Å². The average Bonchev–Trinajstić information content (AvgIpc) is 2.46. The number of nitrogens with one attached hydrogen (secondary N) is 2. The summed E-state index contributed by atoms with van der Waals surface area (Å²) in [6.07, 6.45) is 1.22. The molecular weight excluding hydrogens is 283 g/mol. The molecule has 0 aliphatic carbocycles. The number of benzene rings is 1. The number of hydrogen-bond acceptors (Lipinski definition) is 3. The Morgan fingerprint density at radius 1 is 0.952 bits per heavy atom. The standard InChI is InChI=1S/C14H10F3N3O/c15-14(16,17)10-7-11-12(19-4-3-18-11)8-13(10)20-5-1-9(21)2-6-20/h1-8,18-19H. The van der Waals surface area contributed by atoms with Gasteiger partial charge in [-0.3, -0.25) is 4.79 Å². The van der Waals surface area contributed by atoms with E-state index in [0.717, 1.165) is 6.07 Å². The van der Waals surface area contributed by atoms with Crippen LogP contribution in [-0.4, -0.2) is 4.57 Å². The predicted octanol–water partition coefficient (Wildman–Crippen LogP) is 3.16. The Morgan fingerprint density at radius 2 is 1.52 bits per heavy atom. The van der Waals surface area contributed by atoms with E-state index in [9.17, 15) is 18.0 Å². The highest BCUT2D eigenvalue weighted by Gasteiger charge is 2.35. The molecule has 2 N–H and O–H groups in total. The molecule has 0 amide bonds. The molecule has 0 radical (unpaired) electrons. The molecule has 1 aliphatic rings. The molecule has 4 nitrogen and oxygen atoms in total. The van der Waals surface area contributed by atoms with Crippen molar-refractivity contribution in [3.8, 4) is 5.69 Å². The highest BCUT2D eigenvalue weighted by molar-refractivity contribution is 5.77. The van der Waals surface area contributed by atoms with Crippen LogP contribution in [0.4, 0.5) is 24.5 Å². The predicted molar refractivity (Wildman–Crippen MR) is 73.4 cm³/mol. The monoisotopic (exact) mass is 293 g/mol. The Hall–Kier alpha value is -2.70. The molecular formula is C14H10F3N3O. The third-order valence-corrected chi connectivity index (χ3v) is 3.08. The minimum Gasteiger partial charge on any atom is -0.359 e. The summed E-state index contributed by atoms with van der Waals surface area (Å²) in [5.41, 5.74) is -0.227. The molecule has 2 aromatic rings. The van der Waals surface area contributed by atoms with Crippen molar-refractivity contribution in [2.75, 3.05) is 10.6 Å². The van der Waals surface area contributed by atoms with Gasteiger partial charge in [-0.25, -0.2) is 0 Å². The Labute approximate surface area is 117 Å². The molecule has 2 heterocycles. The van der Waals surface area contributed by atoms with Crippen LogP contribution in [-0.2, 0) is 6.18 Å². The molecule has 3 rings (SSSR count). The Bertz CT molecular complexity index is 758. The minimum atomic E-state index is -4.50. The quantitative estimate of drug-likeness (QED) is 0.849. The Balaban J connectivity index is 2.22. The molecule has 0 atom stereocenters. The van der Waals surface area contributed by atoms with E-state index in [2.05, 4.69) is 10.6 Å². The Morgan fingerprint density at radius 3 is 2.10 bits per heavy atom. The first-order valence-corrected chi connectivity index (χ1v) is 6.07. The van der Waals surface area contributed by atoms with Gasteiger partial charge in [0.15, 0.2) is 5.43 Å². The van der Waals surface area contributed by atoms with Crippen LogP contribution in [0.1, 0.15) is 5.56 Å². The van der Waals surface area contributed by atoms with Gasteiger partial charge < -0.3 is 15.2 Å². The van der Waals surface area contributed by atoms with Crippen molar-refractivity contribution < 1.29 is 13.2 Å². The van der Waals surface area contributed by atoms with Gasteiger partial charge in [0.1, 0.15) is 0 Å². The number of rotatable bonds is 1. The van der Waals surface area contributed by atoms with Crippen molar-refractivity contribution in [1.82, 2.24) is 4.57 Å². The number of nitrogens with zero attached hydrogens (tertiary/aromatic N) is 1. The molecule has 108 valence electrons. The van der Waals surface area contributed by atoms with Gasteiger partial charge in [0.2, 0.25) is 0 Å². The van der Waals surface area contributed by atoms with Crippen molar-refractivity contribution in [3.05, 3.63) is 64.8 Å². The van der Waals surface area contributed by atoms with E-state index in [1.807, 2.05) is 0 Å². The molecule has 0 fully saturated rings. The van der Waals surface area contributed by atoms with Crippen LogP contribution in [0.2, 0.25) is 0 Å². The summed E-state index contributed by atoms with van der Waals surface area (Å²) in [6.45, 7) is 0. The van der Waals surface area contributed by atoms with E-state index in [-0.39, 0.29) is 11.1 Å². The summed E-state index contributed by atoms with van der Waals surface area (Å²) >= 11 is 0. The summed E-state index contributed by atoms with van der Waals surface area (Å²) in [4.78, 5) is 11.1. The molecule has 0 saturated carbocycles. The zero-order chi connectivity index (χ0) is 15.0. The maximum Gasteiger partial charge on any atom is 0.418 e. The molecule has 7 heteroatoms. The van der Waals surface area contributed by atoms with Gasteiger partial charge in [-0.1, -0.05) is 0 Å². The van der Waals surface area contributed by atoms with Crippen LogP contribution in [0.15, 0.2) is 53.9 Å². The van der Waals surface area contributed by atoms with E-state index in [0.29, 0.717) is 11.4 Å². The second kappa shape index (κ2) is 4.69. The van der Waals surface area contributed by atoms with Crippen LogP contribution in [0, 0.1) is 0 Å². The van der Waals surface area contributed by atoms with Gasteiger partial charge in [0, 0.05) is 36.9 Å². The molecule has 0 saturated heterocycles. The van der Waals surface area contributed by atoms with Gasteiger partial charge in [0.05, 0.1) is 22.6 Å². The van der Waals surface area contributed by atoms with Crippen molar-refractivity contribution in [3.63, 3.8) is 0 Å². The fourth-order valence-corrected chi connectivity index (χ4v) is 2.10. The molecule has 0 unspecified atom stereocenters. The summed E-state index contributed by atoms with van der Waals surface area (Å²) in [6, 6.07) is 4.86.